The molecule has 1 aromatic carbocycles. The molecule has 1 atom stereocenters. The van der Waals surface area contributed by atoms with Gasteiger partial charge in [-0.05, 0) is 63.2 Å². The van der Waals surface area contributed by atoms with Gasteiger partial charge in [0.25, 0.3) is 0 Å². The fourth-order valence-corrected chi connectivity index (χ4v) is 3.43. The maximum atomic E-state index is 11.2. The molecule has 0 saturated carbocycles. The van der Waals surface area contributed by atoms with Crippen LogP contribution in [0.3, 0.4) is 0 Å². The number of nitrogens with one attached hydrogen (secondary N) is 1. The maximum absolute atomic E-state index is 11.2. The quantitative estimate of drug-likeness (QED) is 0.651. The van der Waals surface area contributed by atoms with Crippen LogP contribution in [-0.4, -0.2) is 49.8 Å². The summed E-state index contributed by atoms with van der Waals surface area (Å²) in [5.74, 6) is 0. The standard InChI is InChI=1S/C20H29N3O3S/c1-16-6-4-7-18(21-16)13-15-23(2)14-5-8-20(24)17-9-11-19(12-10-17)22-27(3,25)26/h4,6-7,9-12,20,22,24H,5,8,13-15H2,1-3H3. The molecule has 2 aromatic rings. The Morgan fingerprint density at radius 3 is 2.48 bits per heavy atom. The minimum atomic E-state index is -3.28. The highest BCUT2D eigenvalue weighted by Gasteiger charge is 2.09. The lowest BCUT2D eigenvalue weighted by atomic mass is 10.0. The Kier molecular flexibility index (Phi) is 7.77. The number of sulfonamides is 1. The van der Waals surface area contributed by atoms with E-state index in [9.17, 15) is 13.5 Å². The normalized spacial score (nSPS) is 12.9. The third-order valence-corrected chi connectivity index (χ3v) is 4.92. The Labute approximate surface area is 162 Å². The molecule has 0 aliphatic carbocycles. The molecule has 0 radical (unpaired) electrons. The summed E-state index contributed by atoms with van der Waals surface area (Å²) in [5, 5.41) is 10.3. The van der Waals surface area contributed by atoms with E-state index >= 15 is 0 Å². The number of hydrogen-bond donors (Lipinski definition) is 2. The SMILES string of the molecule is Cc1cccc(CCN(C)CCCC(O)c2ccc(NS(C)(=O)=O)cc2)n1. The first kappa shape index (κ1) is 21.3. The third kappa shape index (κ3) is 8.07. The maximum Gasteiger partial charge on any atom is 0.229 e. The molecule has 0 aliphatic rings. The molecular weight excluding hydrogens is 362 g/mol. The number of hydrogen-bond acceptors (Lipinski definition) is 5. The van der Waals surface area contributed by atoms with Gasteiger partial charge in [-0.15, -0.1) is 0 Å². The lowest BCUT2D eigenvalue weighted by molar-refractivity contribution is 0.158. The molecule has 2 N–H and O–H groups in total. The van der Waals surface area contributed by atoms with Crippen molar-refractivity contribution in [1.82, 2.24) is 9.88 Å². The van der Waals surface area contributed by atoms with Crippen molar-refractivity contribution in [2.45, 2.75) is 32.3 Å². The number of nitrogens with zero attached hydrogens (tertiary/aromatic N) is 2. The minimum absolute atomic E-state index is 0.498. The number of aliphatic hydroxyl groups is 1. The van der Waals surface area contributed by atoms with Crippen LogP contribution in [0.5, 0.6) is 0 Å². The summed E-state index contributed by atoms with van der Waals surface area (Å²) >= 11 is 0. The molecule has 1 heterocycles. The van der Waals surface area contributed by atoms with Crippen molar-refractivity contribution in [3.05, 3.63) is 59.4 Å². The van der Waals surface area contributed by atoms with Crippen LogP contribution in [0.1, 0.15) is 35.9 Å². The zero-order chi connectivity index (χ0) is 19.9. The molecule has 2 rings (SSSR count). The number of rotatable bonds is 10. The van der Waals surface area contributed by atoms with Crippen molar-refractivity contribution < 1.29 is 13.5 Å². The summed E-state index contributed by atoms with van der Waals surface area (Å²) < 4.78 is 24.8. The Morgan fingerprint density at radius 1 is 1.15 bits per heavy atom. The first-order valence-corrected chi connectivity index (χ1v) is 11.0. The second kappa shape index (κ2) is 9.82. The molecule has 0 saturated heterocycles. The van der Waals surface area contributed by atoms with E-state index in [2.05, 4.69) is 21.7 Å². The second-order valence-electron chi connectivity index (χ2n) is 6.98. The highest BCUT2D eigenvalue weighted by atomic mass is 32.2. The van der Waals surface area contributed by atoms with Gasteiger partial charge in [-0.25, -0.2) is 8.42 Å². The molecule has 0 bridgehead atoms. The largest absolute Gasteiger partial charge is 0.388 e. The van der Waals surface area contributed by atoms with Gasteiger partial charge in [0.15, 0.2) is 0 Å². The van der Waals surface area contributed by atoms with Gasteiger partial charge in [-0.3, -0.25) is 9.71 Å². The van der Waals surface area contributed by atoms with E-state index in [0.717, 1.165) is 49.1 Å². The number of pyridine rings is 1. The zero-order valence-corrected chi connectivity index (χ0v) is 17.0. The van der Waals surface area contributed by atoms with Crippen LogP contribution in [0.4, 0.5) is 5.69 Å². The summed E-state index contributed by atoms with van der Waals surface area (Å²) in [7, 11) is -1.21. The van der Waals surface area contributed by atoms with Gasteiger partial charge in [0.2, 0.25) is 10.0 Å². The van der Waals surface area contributed by atoms with E-state index in [1.54, 1.807) is 24.3 Å². The van der Waals surface area contributed by atoms with Crippen molar-refractivity contribution >= 4 is 15.7 Å². The predicted molar refractivity (Wildman–Crippen MR) is 109 cm³/mol. The van der Waals surface area contributed by atoms with Gasteiger partial charge in [-0.2, -0.15) is 0 Å². The molecule has 148 valence electrons. The smallest absolute Gasteiger partial charge is 0.229 e. The summed E-state index contributed by atoms with van der Waals surface area (Å²) in [6.45, 7) is 3.83. The first-order valence-electron chi connectivity index (χ1n) is 9.10. The van der Waals surface area contributed by atoms with Crippen molar-refractivity contribution in [2.75, 3.05) is 31.1 Å². The topological polar surface area (TPSA) is 82.5 Å². The van der Waals surface area contributed by atoms with Crippen LogP contribution in [0.15, 0.2) is 42.5 Å². The molecule has 0 fully saturated rings. The fourth-order valence-electron chi connectivity index (χ4n) is 2.86. The van der Waals surface area contributed by atoms with Crippen LogP contribution in [0.2, 0.25) is 0 Å². The Hall–Kier alpha value is -1.96. The van der Waals surface area contributed by atoms with E-state index in [1.165, 1.54) is 0 Å². The van der Waals surface area contributed by atoms with Crippen LogP contribution in [0, 0.1) is 6.92 Å². The fraction of sp³-hybridized carbons (Fsp3) is 0.450. The second-order valence-corrected chi connectivity index (χ2v) is 8.73. The molecule has 1 aromatic heterocycles. The molecule has 1 unspecified atom stereocenters. The first-order chi connectivity index (χ1) is 12.7. The van der Waals surface area contributed by atoms with Gasteiger partial charge in [-0.1, -0.05) is 18.2 Å². The number of aryl methyl sites for hydroxylation is 1. The molecule has 27 heavy (non-hydrogen) atoms. The number of benzene rings is 1. The summed E-state index contributed by atoms with van der Waals surface area (Å²) in [6.07, 6.45) is 3.01. The highest BCUT2D eigenvalue weighted by molar-refractivity contribution is 7.92. The lowest BCUT2D eigenvalue weighted by Crippen LogP contribution is -2.23. The predicted octanol–water partition coefficient (Wildman–Crippen LogP) is 2.75. The van der Waals surface area contributed by atoms with Gasteiger partial charge in [0.1, 0.15) is 0 Å². The average molecular weight is 392 g/mol. The molecule has 0 aliphatic heterocycles. The number of aliphatic hydroxyl groups excluding tert-OH is 1. The Balaban J connectivity index is 1.72. The molecular formula is C20H29N3O3S. The lowest BCUT2D eigenvalue weighted by Gasteiger charge is -2.18. The van der Waals surface area contributed by atoms with Crippen LogP contribution in [-0.2, 0) is 16.4 Å². The van der Waals surface area contributed by atoms with Crippen LogP contribution in [0.25, 0.3) is 0 Å². The average Bonchev–Trinajstić information content (AvgIpc) is 2.59. The monoisotopic (exact) mass is 391 g/mol. The van der Waals surface area contributed by atoms with E-state index in [4.69, 9.17) is 0 Å². The number of aromatic nitrogens is 1. The molecule has 7 heteroatoms. The summed E-state index contributed by atoms with van der Waals surface area (Å²) in [6, 6.07) is 12.9. The highest BCUT2D eigenvalue weighted by Crippen LogP contribution is 2.21. The number of likely N-dealkylation sites (N-methyl/N-ethyl adjacent to an activating group) is 1. The molecule has 0 amide bonds. The van der Waals surface area contributed by atoms with Crippen molar-refractivity contribution in [3.8, 4) is 0 Å². The van der Waals surface area contributed by atoms with E-state index in [-0.39, 0.29) is 0 Å². The molecule has 6 nitrogen and oxygen atoms in total. The third-order valence-electron chi connectivity index (χ3n) is 4.31. The van der Waals surface area contributed by atoms with E-state index in [0.29, 0.717) is 12.1 Å². The van der Waals surface area contributed by atoms with Crippen LogP contribution < -0.4 is 4.72 Å². The van der Waals surface area contributed by atoms with Gasteiger partial charge < -0.3 is 10.0 Å². The Bertz CT molecular complexity index is 823. The van der Waals surface area contributed by atoms with E-state index in [1.807, 2.05) is 25.1 Å². The molecule has 0 spiro atoms. The summed E-state index contributed by atoms with van der Waals surface area (Å²) in [4.78, 5) is 6.76. The Morgan fingerprint density at radius 2 is 1.85 bits per heavy atom. The van der Waals surface area contributed by atoms with Crippen molar-refractivity contribution in [2.24, 2.45) is 0 Å². The zero-order valence-electron chi connectivity index (χ0n) is 16.2. The van der Waals surface area contributed by atoms with Gasteiger partial charge in [0, 0.05) is 30.0 Å². The van der Waals surface area contributed by atoms with E-state index < -0.39 is 16.1 Å². The van der Waals surface area contributed by atoms with Gasteiger partial charge in [0.05, 0.1) is 12.4 Å². The van der Waals surface area contributed by atoms with Crippen molar-refractivity contribution in [1.29, 1.82) is 0 Å². The van der Waals surface area contributed by atoms with Crippen LogP contribution >= 0.6 is 0 Å². The summed E-state index contributed by atoms with van der Waals surface area (Å²) in [5.41, 5.74) is 3.43. The minimum Gasteiger partial charge on any atom is -0.388 e. The number of anilines is 1. The van der Waals surface area contributed by atoms with Gasteiger partial charge >= 0.3 is 0 Å². The van der Waals surface area contributed by atoms with Crippen molar-refractivity contribution in [3.63, 3.8) is 0 Å².